The van der Waals surface area contributed by atoms with E-state index in [1.807, 2.05) is 48.5 Å². The van der Waals surface area contributed by atoms with Crippen LogP contribution in [-0.4, -0.2) is 0 Å². The molecule has 0 atom stereocenters. The minimum atomic E-state index is -0.634. The first kappa shape index (κ1) is 12.4. The van der Waals surface area contributed by atoms with Crippen molar-refractivity contribution in [1.29, 1.82) is 5.26 Å². The van der Waals surface area contributed by atoms with Crippen LogP contribution < -0.4 is 5.63 Å². The van der Waals surface area contributed by atoms with Gasteiger partial charge in [0.05, 0.1) is 5.39 Å². The minimum absolute atomic E-state index is 0.00127. The lowest BCUT2D eigenvalue weighted by atomic mass is 10.1. The van der Waals surface area contributed by atoms with Crippen molar-refractivity contribution >= 4 is 21.9 Å². The van der Waals surface area contributed by atoms with Crippen LogP contribution >= 0.6 is 0 Å². The Morgan fingerprint density at radius 3 is 2.55 bits per heavy atom. The third-order valence-electron chi connectivity index (χ3n) is 3.58. The maximum atomic E-state index is 11.8. The molecule has 0 amide bonds. The van der Waals surface area contributed by atoms with Gasteiger partial charge in [-0.2, -0.15) is 5.26 Å². The molecule has 0 bridgehead atoms. The standard InChI is InChI=1S/C18H9NO3/c19-10-13-8-12-6-7-15-14(17(12)22-18(13)20)9-16(21-15)11-4-2-1-3-5-11/h1-9H. The minimum Gasteiger partial charge on any atom is -0.456 e. The molecule has 4 rings (SSSR count). The second kappa shape index (κ2) is 4.61. The smallest absolute Gasteiger partial charge is 0.354 e. The summed E-state index contributed by atoms with van der Waals surface area (Å²) >= 11 is 0. The zero-order valence-electron chi connectivity index (χ0n) is 11.4. The van der Waals surface area contributed by atoms with Gasteiger partial charge in [-0.25, -0.2) is 4.79 Å². The van der Waals surface area contributed by atoms with Gasteiger partial charge in [0, 0.05) is 10.9 Å². The molecule has 0 unspecified atom stereocenters. The van der Waals surface area contributed by atoms with Gasteiger partial charge in [0.25, 0.3) is 0 Å². The Kier molecular flexibility index (Phi) is 2.60. The van der Waals surface area contributed by atoms with Gasteiger partial charge >= 0.3 is 5.63 Å². The molecule has 0 aliphatic carbocycles. The van der Waals surface area contributed by atoms with Crippen LogP contribution in [-0.2, 0) is 0 Å². The fraction of sp³-hybridized carbons (Fsp3) is 0. The first-order chi connectivity index (χ1) is 10.8. The molecule has 0 aliphatic rings. The molecule has 2 aromatic heterocycles. The van der Waals surface area contributed by atoms with Gasteiger partial charge < -0.3 is 8.83 Å². The van der Waals surface area contributed by atoms with Crippen LogP contribution in [0.2, 0.25) is 0 Å². The Morgan fingerprint density at radius 2 is 1.77 bits per heavy atom. The first-order valence-corrected chi connectivity index (χ1v) is 6.72. The molecule has 0 N–H and O–H groups in total. The fourth-order valence-corrected chi connectivity index (χ4v) is 2.52. The van der Waals surface area contributed by atoms with Gasteiger partial charge in [0.2, 0.25) is 0 Å². The summed E-state index contributed by atoms with van der Waals surface area (Å²) in [6, 6.07) is 18.5. The predicted octanol–water partition coefficient (Wildman–Crippen LogP) is 4.08. The summed E-state index contributed by atoms with van der Waals surface area (Å²) in [6.07, 6.45) is 0. The molecule has 4 heteroatoms. The van der Waals surface area contributed by atoms with Crippen molar-refractivity contribution in [2.24, 2.45) is 0 Å². The molecule has 22 heavy (non-hydrogen) atoms. The molecular formula is C18H9NO3. The molecule has 2 aromatic carbocycles. The Hall–Kier alpha value is -3.32. The highest BCUT2D eigenvalue weighted by Gasteiger charge is 2.12. The summed E-state index contributed by atoms with van der Waals surface area (Å²) in [5, 5.41) is 10.3. The average Bonchev–Trinajstić information content (AvgIpc) is 3.00. The van der Waals surface area contributed by atoms with Crippen LogP contribution in [0.25, 0.3) is 33.3 Å². The third kappa shape index (κ3) is 1.80. The van der Waals surface area contributed by atoms with Crippen molar-refractivity contribution in [2.75, 3.05) is 0 Å². The number of nitriles is 1. The SMILES string of the molecule is N#Cc1cc2ccc3oc(-c4ccccc4)cc3c2oc1=O. The van der Waals surface area contributed by atoms with Crippen LogP contribution in [0.1, 0.15) is 5.56 Å². The molecule has 0 saturated heterocycles. The summed E-state index contributed by atoms with van der Waals surface area (Å²) in [5.74, 6) is 0.704. The van der Waals surface area contributed by atoms with Crippen LogP contribution in [0.4, 0.5) is 0 Å². The van der Waals surface area contributed by atoms with E-state index >= 15 is 0 Å². The summed E-state index contributed by atoms with van der Waals surface area (Å²) in [5.41, 5.74) is 1.39. The molecular weight excluding hydrogens is 278 g/mol. The van der Waals surface area contributed by atoms with E-state index in [-0.39, 0.29) is 5.56 Å². The van der Waals surface area contributed by atoms with Crippen molar-refractivity contribution in [1.82, 2.24) is 0 Å². The zero-order valence-corrected chi connectivity index (χ0v) is 11.4. The summed E-state index contributed by atoms with van der Waals surface area (Å²) in [4.78, 5) is 11.8. The van der Waals surface area contributed by atoms with E-state index in [9.17, 15) is 4.79 Å². The Bertz CT molecular complexity index is 1100. The van der Waals surface area contributed by atoms with E-state index in [0.717, 1.165) is 10.9 Å². The molecule has 104 valence electrons. The van der Waals surface area contributed by atoms with Crippen molar-refractivity contribution in [3.63, 3.8) is 0 Å². The number of furan rings is 1. The van der Waals surface area contributed by atoms with E-state index in [2.05, 4.69) is 0 Å². The van der Waals surface area contributed by atoms with E-state index in [4.69, 9.17) is 14.1 Å². The molecule has 0 radical (unpaired) electrons. The van der Waals surface area contributed by atoms with E-state index in [0.29, 0.717) is 22.3 Å². The van der Waals surface area contributed by atoms with E-state index < -0.39 is 5.63 Å². The third-order valence-corrected chi connectivity index (χ3v) is 3.58. The van der Waals surface area contributed by atoms with Gasteiger partial charge in [0.15, 0.2) is 0 Å². The van der Waals surface area contributed by atoms with Gasteiger partial charge in [-0.05, 0) is 24.3 Å². The highest BCUT2D eigenvalue weighted by molar-refractivity contribution is 6.03. The second-order valence-electron chi connectivity index (χ2n) is 4.93. The molecule has 4 aromatic rings. The molecule has 4 nitrogen and oxygen atoms in total. The molecule has 0 fully saturated rings. The summed E-state index contributed by atoms with van der Waals surface area (Å²) < 4.78 is 11.1. The number of hydrogen-bond acceptors (Lipinski definition) is 4. The predicted molar refractivity (Wildman–Crippen MR) is 82.4 cm³/mol. The van der Waals surface area contributed by atoms with Gasteiger partial charge in [-0.3, -0.25) is 0 Å². The second-order valence-corrected chi connectivity index (χ2v) is 4.93. The Morgan fingerprint density at radius 1 is 0.955 bits per heavy atom. The highest BCUT2D eigenvalue weighted by Crippen LogP contribution is 2.32. The van der Waals surface area contributed by atoms with Crippen molar-refractivity contribution in [3.05, 3.63) is 70.6 Å². The van der Waals surface area contributed by atoms with Crippen LogP contribution in [0.3, 0.4) is 0 Å². The quantitative estimate of drug-likeness (QED) is 0.495. The van der Waals surface area contributed by atoms with Crippen molar-refractivity contribution in [3.8, 4) is 17.4 Å². The molecule has 2 heterocycles. The Balaban J connectivity index is 2.04. The number of fused-ring (bicyclic) bond motifs is 3. The van der Waals surface area contributed by atoms with Crippen molar-refractivity contribution in [2.45, 2.75) is 0 Å². The fourth-order valence-electron chi connectivity index (χ4n) is 2.52. The maximum Gasteiger partial charge on any atom is 0.354 e. The van der Waals surface area contributed by atoms with Gasteiger partial charge in [-0.1, -0.05) is 30.3 Å². The van der Waals surface area contributed by atoms with Crippen LogP contribution in [0, 0.1) is 11.3 Å². The summed E-state index contributed by atoms with van der Waals surface area (Å²) in [7, 11) is 0. The number of benzene rings is 2. The first-order valence-electron chi connectivity index (χ1n) is 6.72. The topological polar surface area (TPSA) is 67.1 Å². The molecule has 0 saturated carbocycles. The number of nitrogens with zero attached hydrogens (tertiary/aromatic N) is 1. The number of rotatable bonds is 1. The lowest BCUT2D eigenvalue weighted by molar-refractivity contribution is 0.561. The van der Waals surface area contributed by atoms with Crippen LogP contribution in [0.5, 0.6) is 0 Å². The lowest BCUT2D eigenvalue weighted by Gasteiger charge is -1.97. The highest BCUT2D eigenvalue weighted by atomic mass is 16.4. The Labute approximate surface area is 124 Å². The van der Waals surface area contributed by atoms with Gasteiger partial charge in [-0.15, -0.1) is 0 Å². The molecule has 0 aliphatic heterocycles. The lowest BCUT2D eigenvalue weighted by Crippen LogP contribution is -2.02. The average molecular weight is 287 g/mol. The van der Waals surface area contributed by atoms with E-state index in [1.54, 1.807) is 6.07 Å². The van der Waals surface area contributed by atoms with Gasteiger partial charge in [0.1, 0.15) is 28.6 Å². The summed E-state index contributed by atoms with van der Waals surface area (Å²) in [6.45, 7) is 0. The normalized spacial score (nSPS) is 10.9. The monoisotopic (exact) mass is 287 g/mol. The molecule has 0 spiro atoms. The van der Waals surface area contributed by atoms with E-state index in [1.165, 1.54) is 6.07 Å². The number of hydrogen-bond donors (Lipinski definition) is 0. The van der Waals surface area contributed by atoms with Crippen LogP contribution in [0.15, 0.2) is 68.2 Å². The zero-order chi connectivity index (χ0) is 15.1. The largest absolute Gasteiger partial charge is 0.456 e. The maximum absolute atomic E-state index is 11.8. The van der Waals surface area contributed by atoms with Crippen molar-refractivity contribution < 1.29 is 8.83 Å².